The molecule has 0 radical (unpaired) electrons. The third kappa shape index (κ3) is 3.98. The van der Waals surface area contributed by atoms with Gasteiger partial charge in [0, 0.05) is 11.3 Å². The van der Waals surface area contributed by atoms with Gasteiger partial charge in [0.2, 0.25) is 0 Å². The number of ketones is 1. The molecule has 0 heterocycles. The largest absolute Gasteiger partial charge is 0.434 e. The molecule has 0 atom stereocenters. The third-order valence-corrected chi connectivity index (χ3v) is 2.46. The molecule has 0 aromatic heterocycles. The van der Waals surface area contributed by atoms with Crippen LogP contribution in [0.3, 0.4) is 0 Å². The van der Waals surface area contributed by atoms with E-state index in [0.717, 1.165) is 0 Å². The first-order chi connectivity index (χ1) is 7.52. The smallest absolute Gasteiger partial charge is 0.387 e. The summed E-state index contributed by atoms with van der Waals surface area (Å²) in [7, 11) is 0. The summed E-state index contributed by atoms with van der Waals surface area (Å²) in [5, 5.41) is 0. The molecule has 0 N–H and O–H groups in total. The van der Waals surface area contributed by atoms with Crippen LogP contribution in [0.4, 0.5) is 8.78 Å². The average molecular weight is 267 g/mol. The normalized spacial score (nSPS) is 10.6. The Labute approximate surface area is 102 Å². The molecule has 0 aliphatic carbocycles. The number of hydrogen-bond donors (Lipinski definition) is 1. The topological polar surface area (TPSA) is 26.3 Å². The zero-order valence-corrected chi connectivity index (χ0v) is 9.77. The average Bonchev–Trinajstić information content (AvgIpc) is 2.22. The molecule has 0 saturated carbocycles. The van der Waals surface area contributed by atoms with Gasteiger partial charge in [-0.25, -0.2) is 0 Å². The molecule has 2 nitrogen and oxygen atoms in total. The van der Waals surface area contributed by atoms with Crippen molar-refractivity contribution in [3.8, 4) is 5.75 Å². The van der Waals surface area contributed by atoms with Crippen LogP contribution in [0.2, 0.25) is 0 Å². The minimum atomic E-state index is -2.91. The van der Waals surface area contributed by atoms with Gasteiger partial charge in [-0.2, -0.15) is 8.78 Å². The molecule has 0 fully saturated rings. The van der Waals surface area contributed by atoms with Crippen LogP contribution in [0.5, 0.6) is 5.75 Å². The van der Waals surface area contributed by atoms with Crippen LogP contribution < -0.4 is 4.74 Å². The molecule has 1 aromatic carbocycles. The Morgan fingerprint density at radius 3 is 2.75 bits per heavy atom. The standard InChI is InChI=1S/C10H9ClF2O2S/c11-5-7(14)3-6-1-2-9(16)8(4-6)15-10(12)13/h1-2,4,10,16H,3,5H2. The van der Waals surface area contributed by atoms with E-state index >= 15 is 0 Å². The minimum absolute atomic E-state index is 0.0433. The van der Waals surface area contributed by atoms with Crippen LogP contribution in [0.25, 0.3) is 0 Å². The number of hydrogen-bond acceptors (Lipinski definition) is 3. The maximum absolute atomic E-state index is 12.0. The van der Waals surface area contributed by atoms with Gasteiger partial charge in [-0.15, -0.1) is 24.2 Å². The number of carbonyl (C=O) groups excluding carboxylic acids is 1. The third-order valence-electron chi connectivity index (χ3n) is 1.79. The van der Waals surface area contributed by atoms with E-state index in [1.807, 2.05) is 0 Å². The summed E-state index contributed by atoms with van der Waals surface area (Å²) >= 11 is 9.31. The van der Waals surface area contributed by atoms with Gasteiger partial charge in [0.25, 0.3) is 0 Å². The number of ether oxygens (including phenoxy) is 1. The number of Topliss-reactive ketones (excluding diaryl/α,β-unsaturated/α-hetero) is 1. The first-order valence-electron chi connectivity index (χ1n) is 4.37. The van der Waals surface area contributed by atoms with E-state index in [2.05, 4.69) is 17.4 Å². The Bertz CT molecular complexity index is 385. The molecular formula is C10H9ClF2O2S. The van der Waals surface area contributed by atoms with Crippen molar-refractivity contribution in [1.82, 2.24) is 0 Å². The van der Waals surface area contributed by atoms with E-state index in [4.69, 9.17) is 11.6 Å². The molecule has 16 heavy (non-hydrogen) atoms. The fourth-order valence-corrected chi connectivity index (χ4v) is 1.42. The van der Waals surface area contributed by atoms with Gasteiger partial charge in [-0.1, -0.05) is 6.07 Å². The summed E-state index contributed by atoms with van der Waals surface area (Å²) < 4.78 is 28.3. The van der Waals surface area contributed by atoms with Crippen molar-refractivity contribution in [2.24, 2.45) is 0 Å². The van der Waals surface area contributed by atoms with Crippen molar-refractivity contribution < 1.29 is 18.3 Å². The first-order valence-corrected chi connectivity index (χ1v) is 5.35. The molecule has 0 aliphatic rings. The summed E-state index contributed by atoms with van der Waals surface area (Å²) in [6, 6.07) is 4.47. The number of halogens is 3. The van der Waals surface area contributed by atoms with Crippen molar-refractivity contribution in [3.63, 3.8) is 0 Å². The van der Waals surface area contributed by atoms with Crippen molar-refractivity contribution in [1.29, 1.82) is 0 Å². The number of benzene rings is 1. The molecule has 0 saturated heterocycles. The lowest BCUT2D eigenvalue weighted by Gasteiger charge is -2.08. The van der Waals surface area contributed by atoms with E-state index in [1.54, 1.807) is 6.07 Å². The zero-order valence-electron chi connectivity index (χ0n) is 8.12. The summed E-state index contributed by atoms with van der Waals surface area (Å²) in [6.45, 7) is -2.91. The number of thiol groups is 1. The van der Waals surface area contributed by atoms with Gasteiger partial charge < -0.3 is 4.74 Å². The van der Waals surface area contributed by atoms with Crippen LogP contribution in [0.15, 0.2) is 23.1 Å². The van der Waals surface area contributed by atoms with E-state index in [1.165, 1.54) is 12.1 Å². The van der Waals surface area contributed by atoms with Gasteiger partial charge in [0.15, 0.2) is 5.78 Å². The van der Waals surface area contributed by atoms with Crippen molar-refractivity contribution in [2.75, 3.05) is 5.88 Å². The minimum Gasteiger partial charge on any atom is -0.434 e. The summed E-state index contributed by atoms with van der Waals surface area (Å²) in [5.41, 5.74) is 0.569. The van der Waals surface area contributed by atoms with Gasteiger partial charge in [0.1, 0.15) is 5.75 Å². The van der Waals surface area contributed by atoms with Crippen LogP contribution in [0.1, 0.15) is 5.56 Å². The van der Waals surface area contributed by atoms with Gasteiger partial charge in [-0.05, 0) is 17.7 Å². The second kappa shape index (κ2) is 6.06. The predicted molar refractivity (Wildman–Crippen MR) is 59.8 cm³/mol. The van der Waals surface area contributed by atoms with E-state index in [9.17, 15) is 13.6 Å². The summed E-state index contributed by atoms with van der Waals surface area (Å²) in [5.74, 6) is -0.331. The predicted octanol–water partition coefficient (Wildman–Crippen LogP) is 2.93. The SMILES string of the molecule is O=C(CCl)Cc1ccc(S)c(OC(F)F)c1. The highest BCUT2D eigenvalue weighted by Gasteiger charge is 2.10. The molecule has 1 aromatic rings. The Morgan fingerprint density at radius 2 is 2.19 bits per heavy atom. The Hall–Kier alpha value is -0.810. The van der Waals surface area contributed by atoms with Crippen LogP contribution >= 0.6 is 24.2 Å². The van der Waals surface area contributed by atoms with Crippen molar-refractivity contribution in [3.05, 3.63) is 23.8 Å². The van der Waals surface area contributed by atoms with Crippen molar-refractivity contribution >= 4 is 30.0 Å². The molecule has 0 spiro atoms. The zero-order chi connectivity index (χ0) is 12.1. The first kappa shape index (κ1) is 13.3. The molecule has 0 bridgehead atoms. The molecule has 6 heteroatoms. The number of alkyl halides is 3. The Balaban J connectivity index is 2.84. The van der Waals surface area contributed by atoms with Gasteiger partial charge in [0.05, 0.1) is 5.88 Å². The Kier molecular flexibility index (Phi) is 5.02. The van der Waals surface area contributed by atoms with E-state index < -0.39 is 6.61 Å². The summed E-state index contributed by atoms with van der Waals surface area (Å²) in [6.07, 6.45) is 0.0944. The maximum atomic E-state index is 12.0. The van der Waals surface area contributed by atoms with Gasteiger partial charge >= 0.3 is 6.61 Å². The van der Waals surface area contributed by atoms with Crippen molar-refractivity contribution in [2.45, 2.75) is 17.9 Å². The molecule has 1 rings (SSSR count). The Morgan fingerprint density at radius 1 is 1.50 bits per heavy atom. The van der Waals surface area contributed by atoms with Crippen LogP contribution in [0, 0.1) is 0 Å². The fraction of sp³-hybridized carbons (Fsp3) is 0.300. The highest BCUT2D eigenvalue weighted by atomic mass is 35.5. The lowest BCUT2D eigenvalue weighted by molar-refractivity contribution is -0.116. The molecule has 0 amide bonds. The number of carbonyl (C=O) groups is 1. The van der Waals surface area contributed by atoms with E-state index in [0.29, 0.717) is 10.5 Å². The second-order valence-electron chi connectivity index (χ2n) is 3.03. The number of rotatable bonds is 5. The van der Waals surface area contributed by atoms with Crippen LogP contribution in [-0.2, 0) is 11.2 Å². The molecule has 88 valence electrons. The second-order valence-corrected chi connectivity index (χ2v) is 3.78. The van der Waals surface area contributed by atoms with Crippen LogP contribution in [-0.4, -0.2) is 18.3 Å². The fourth-order valence-electron chi connectivity index (χ4n) is 1.13. The molecule has 0 unspecified atom stereocenters. The molecule has 0 aliphatic heterocycles. The highest BCUT2D eigenvalue weighted by Crippen LogP contribution is 2.25. The quantitative estimate of drug-likeness (QED) is 0.655. The lowest BCUT2D eigenvalue weighted by atomic mass is 10.1. The molecular weight excluding hydrogens is 258 g/mol. The maximum Gasteiger partial charge on any atom is 0.387 e. The highest BCUT2D eigenvalue weighted by molar-refractivity contribution is 7.80. The lowest BCUT2D eigenvalue weighted by Crippen LogP contribution is -2.06. The monoisotopic (exact) mass is 266 g/mol. The van der Waals surface area contributed by atoms with E-state index in [-0.39, 0.29) is 23.8 Å². The summed E-state index contributed by atoms with van der Waals surface area (Å²) in [4.78, 5) is 11.4. The van der Waals surface area contributed by atoms with Gasteiger partial charge in [-0.3, -0.25) is 4.79 Å².